The van der Waals surface area contributed by atoms with Crippen LogP contribution in [-0.2, 0) is 4.79 Å². The number of hydrogen-bond donors (Lipinski definition) is 3. The van der Waals surface area contributed by atoms with Crippen molar-refractivity contribution in [1.82, 2.24) is 5.32 Å². The van der Waals surface area contributed by atoms with Crippen LogP contribution in [0.2, 0.25) is 0 Å². The topological polar surface area (TPSA) is 105 Å². The molecular formula is C18H20N2O5S. The second-order valence-electron chi connectivity index (χ2n) is 5.88. The van der Waals surface area contributed by atoms with Crippen LogP contribution < -0.4 is 15.4 Å². The molecule has 1 heterocycles. The normalized spacial score (nSPS) is 11.7. The van der Waals surface area contributed by atoms with E-state index in [1.165, 1.54) is 36.6 Å². The molecule has 1 aromatic heterocycles. The molecule has 0 saturated carbocycles. The van der Waals surface area contributed by atoms with Crippen molar-refractivity contribution in [3.05, 3.63) is 46.2 Å². The van der Waals surface area contributed by atoms with E-state index in [-0.39, 0.29) is 23.1 Å². The second-order valence-corrected chi connectivity index (χ2v) is 6.83. The molecule has 0 saturated heterocycles. The highest BCUT2D eigenvalue weighted by atomic mass is 32.1. The molecule has 2 rings (SSSR count). The lowest BCUT2D eigenvalue weighted by atomic mass is 10.0. The number of amides is 2. The number of anilines is 1. The van der Waals surface area contributed by atoms with Gasteiger partial charge in [-0.1, -0.05) is 19.9 Å². The number of ether oxygens (including phenoxy) is 1. The van der Waals surface area contributed by atoms with Crippen molar-refractivity contribution >= 4 is 34.8 Å². The van der Waals surface area contributed by atoms with Gasteiger partial charge >= 0.3 is 5.97 Å². The van der Waals surface area contributed by atoms with Gasteiger partial charge in [-0.05, 0) is 29.5 Å². The quantitative estimate of drug-likeness (QED) is 0.689. The van der Waals surface area contributed by atoms with E-state index in [2.05, 4.69) is 10.6 Å². The fourth-order valence-corrected chi connectivity index (χ4v) is 2.95. The van der Waals surface area contributed by atoms with Crippen molar-refractivity contribution in [2.45, 2.75) is 19.9 Å². The van der Waals surface area contributed by atoms with E-state index in [0.717, 1.165) is 0 Å². The van der Waals surface area contributed by atoms with Gasteiger partial charge < -0.3 is 20.5 Å². The summed E-state index contributed by atoms with van der Waals surface area (Å²) in [5.41, 5.74) is 0.379. The first kappa shape index (κ1) is 19.5. The zero-order valence-electron chi connectivity index (χ0n) is 14.6. The van der Waals surface area contributed by atoms with Crippen molar-refractivity contribution in [1.29, 1.82) is 0 Å². The Balaban J connectivity index is 2.14. The zero-order chi connectivity index (χ0) is 19.3. The number of carbonyl (C=O) groups excluding carboxylic acids is 2. The predicted molar refractivity (Wildman–Crippen MR) is 99.0 cm³/mol. The van der Waals surface area contributed by atoms with Crippen molar-refractivity contribution < 1.29 is 24.2 Å². The average Bonchev–Trinajstić information content (AvgIpc) is 3.13. The first-order valence-electron chi connectivity index (χ1n) is 7.90. The van der Waals surface area contributed by atoms with E-state index in [0.29, 0.717) is 10.6 Å². The molecule has 3 N–H and O–H groups in total. The van der Waals surface area contributed by atoms with Crippen molar-refractivity contribution in [3.8, 4) is 5.75 Å². The van der Waals surface area contributed by atoms with Crippen molar-refractivity contribution in [3.63, 3.8) is 0 Å². The molecule has 7 nitrogen and oxygen atoms in total. The number of carbonyl (C=O) groups is 3. The third-order valence-electron chi connectivity index (χ3n) is 3.68. The van der Waals surface area contributed by atoms with Gasteiger partial charge in [-0.25, -0.2) is 4.79 Å². The van der Waals surface area contributed by atoms with Crippen molar-refractivity contribution in [2.24, 2.45) is 5.92 Å². The summed E-state index contributed by atoms with van der Waals surface area (Å²) < 4.78 is 5.05. The first-order valence-corrected chi connectivity index (χ1v) is 8.78. The number of methoxy groups -OCH3 is 1. The van der Waals surface area contributed by atoms with Crippen LogP contribution in [-0.4, -0.2) is 36.0 Å². The largest absolute Gasteiger partial charge is 0.496 e. The zero-order valence-corrected chi connectivity index (χ0v) is 15.4. The number of hydrogen-bond acceptors (Lipinski definition) is 5. The summed E-state index contributed by atoms with van der Waals surface area (Å²) in [6, 6.07) is 6.97. The molecule has 0 aliphatic heterocycles. The average molecular weight is 376 g/mol. The molecule has 1 unspecified atom stereocenters. The minimum Gasteiger partial charge on any atom is -0.496 e. The molecule has 0 aliphatic rings. The molecule has 0 fully saturated rings. The molecule has 1 aromatic carbocycles. The molecule has 2 amide bonds. The Labute approximate surface area is 155 Å². The number of carboxylic acid groups (broad SMARTS) is 1. The van der Waals surface area contributed by atoms with Crippen LogP contribution in [0.5, 0.6) is 5.75 Å². The van der Waals surface area contributed by atoms with Crippen LogP contribution in [0.3, 0.4) is 0 Å². The van der Waals surface area contributed by atoms with Gasteiger partial charge in [0.05, 0.1) is 12.0 Å². The summed E-state index contributed by atoms with van der Waals surface area (Å²) >= 11 is 1.29. The molecular weight excluding hydrogens is 356 g/mol. The lowest BCUT2D eigenvalue weighted by molar-refractivity contribution is -0.118. The molecule has 8 heteroatoms. The highest BCUT2D eigenvalue weighted by Crippen LogP contribution is 2.23. The molecule has 2 aromatic rings. The van der Waals surface area contributed by atoms with Crippen LogP contribution in [0.15, 0.2) is 35.7 Å². The maximum atomic E-state index is 12.6. The maximum absolute atomic E-state index is 12.6. The van der Waals surface area contributed by atoms with Gasteiger partial charge in [0, 0.05) is 11.8 Å². The van der Waals surface area contributed by atoms with E-state index in [1.54, 1.807) is 17.5 Å². The highest BCUT2D eigenvalue weighted by Gasteiger charge is 2.25. The fraction of sp³-hybridized carbons (Fsp3) is 0.278. The number of nitrogens with one attached hydrogen (secondary N) is 2. The number of aromatic carboxylic acids is 1. The van der Waals surface area contributed by atoms with Gasteiger partial charge in [0.1, 0.15) is 17.4 Å². The Bertz CT molecular complexity index is 802. The van der Waals surface area contributed by atoms with E-state index < -0.39 is 17.9 Å². The lowest BCUT2D eigenvalue weighted by Crippen LogP contribution is -2.46. The summed E-state index contributed by atoms with van der Waals surface area (Å²) in [7, 11) is 1.35. The highest BCUT2D eigenvalue weighted by molar-refractivity contribution is 7.12. The first-order chi connectivity index (χ1) is 12.3. The minimum atomic E-state index is -1.12. The molecule has 0 spiro atoms. The van der Waals surface area contributed by atoms with E-state index in [4.69, 9.17) is 9.84 Å². The summed E-state index contributed by atoms with van der Waals surface area (Å²) in [6.07, 6.45) is 0. The number of rotatable bonds is 7. The number of carboxylic acids is 1. The third kappa shape index (κ3) is 4.60. The maximum Gasteiger partial charge on any atom is 0.339 e. The van der Waals surface area contributed by atoms with Gasteiger partial charge in [0.15, 0.2) is 0 Å². The SMILES string of the molecule is COc1cc(NC(=O)C(NC(=O)c2cccs2)C(C)C)ccc1C(=O)O. The van der Waals surface area contributed by atoms with Crippen LogP contribution in [0, 0.1) is 5.92 Å². The Kier molecular flexibility index (Phi) is 6.35. The summed E-state index contributed by atoms with van der Waals surface area (Å²) in [6.45, 7) is 3.65. The monoisotopic (exact) mass is 376 g/mol. The Morgan fingerprint density at radius 3 is 2.46 bits per heavy atom. The molecule has 0 bridgehead atoms. The molecule has 26 heavy (non-hydrogen) atoms. The lowest BCUT2D eigenvalue weighted by Gasteiger charge is -2.21. The molecule has 1 atom stereocenters. The van der Waals surface area contributed by atoms with E-state index in [1.807, 2.05) is 13.8 Å². The summed E-state index contributed by atoms with van der Waals surface area (Å²) in [5.74, 6) is -1.83. The van der Waals surface area contributed by atoms with Crippen molar-refractivity contribution in [2.75, 3.05) is 12.4 Å². The molecule has 138 valence electrons. The van der Waals surface area contributed by atoms with Gasteiger partial charge in [-0.3, -0.25) is 9.59 Å². The van der Waals surface area contributed by atoms with Gasteiger partial charge in [-0.15, -0.1) is 11.3 Å². The van der Waals surface area contributed by atoms with Crippen LogP contribution >= 0.6 is 11.3 Å². The third-order valence-corrected chi connectivity index (χ3v) is 4.55. The second kappa shape index (κ2) is 8.48. The number of thiophene rings is 1. The summed E-state index contributed by atoms with van der Waals surface area (Å²) in [4.78, 5) is 36.5. The summed E-state index contributed by atoms with van der Waals surface area (Å²) in [5, 5.41) is 16.3. The predicted octanol–water partition coefficient (Wildman–Crippen LogP) is 2.85. The van der Waals surface area contributed by atoms with E-state index in [9.17, 15) is 14.4 Å². The standard InChI is InChI=1S/C18H20N2O5S/c1-10(2)15(20-16(21)14-5-4-8-26-14)17(22)19-11-6-7-12(18(23)24)13(9-11)25-3/h4-10,15H,1-3H3,(H,19,22)(H,20,21)(H,23,24). The minimum absolute atomic E-state index is 0.00286. The Hall–Kier alpha value is -2.87. The van der Waals surface area contributed by atoms with Crippen LogP contribution in [0.4, 0.5) is 5.69 Å². The smallest absolute Gasteiger partial charge is 0.339 e. The molecule has 0 aliphatic carbocycles. The van der Waals surface area contributed by atoms with Gasteiger partial charge in [-0.2, -0.15) is 0 Å². The Morgan fingerprint density at radius 2 is 1.92 bits per heavy atom. The van der Waals surface area contributed by atoms with Crippen LogP contribution in [0.25, 0.3) is 0 Å². The van der Waals surface area contributed by atoms with Gasteiger partial charge in [0.2, 0.25) is 5.91 Å². The number of benzene rings is 1. The fourth-order valence-electron chi connectivity index (χ4n) is 2.32. The van der Waals surface area contributed by atoms with E-state index >= 15 is 0 Å². The van der Waals surface area contributed by atoms with Crippen LogP contribution in [0.1, 0.15) is 33.9 Å². The Morgan fingerprint density at radius 1 is 1.19 bits per heavy atom. The molecule has 0 radical (unpaired) electrons. The van der Waals surface area contributed by atoms with Gasteiger partial charge in [0.25, 0.3) is 5.91 Å².